The lowest BCUT2D eigenvalue weighted by Crippen LogP contribution is -2.14. The highest BCUT2D eigenvalue weighted by atomic mass is 16.5. The molecular weight excluding hydrogens is 300 g/mol. The second-order valence-electron chi connectivity index (χ2n) is 7.72. The summed E-state index contributed by atoms with van der Waals surface area (Å²) in [5, 5.41) is 10.2. The molecule has 1 aromatic carbocycles. The molecule has 0 bridgehead atoms. The summed E-state index contributed by atoms with van der Waals surface area (Å²) < 4.78 is 5.35. The Morgan fingerprint density at radius 1 is 1.08 bits per heavy atom. The fraction of sp³-hybridized carbons (Fsp3) is 0.667. The summed E-state index contributed by atoms with van der Waals surface area (Å²) in [6, 6.07) is 3.80. The van der Waals surface area contributed by atoms with Gasteiger partial charge in [-0.1, -0.05) is 71.9 Å². The number of benzene rings is 1. The van der Waals surface area contributed by atoms with Gasteiger partial charge in [0.1, 0.15) is 5.75 Å². The van der Waals surface area contributed by atoms with Gasteiger partial charge >= 0.3 is 5.97 Å². The van der Waals surface area contributed by atoms with Gasteiger partial charge in [-0.2, -0.15) is 0 Å². The van der Waals surface area contributed by atoms with E-state index in [0.29, 0.717) is 12.4 Å². The van der Waals surface area contributed by atoms with Crippen molar-refractivity contribution < 1.29 is 14.6 Å². The number of ether oxygens (including phenoxy) is 1. The first kappa shape index (κ1) is 20.5. The molecule has 0 atom stereocenters. The van der Waals surface area contributed by atoms with E-state index in [1.54, 1.807) is 0 Å². The van der Waals surface area contributed by atoms with E-state index in [-0.39, 0.29) is 17.8 Å². The van der Waals surface area contributed by atoms with Gasteiger partial charge in [-0.05, 0) is 35.4 Å². The maximum atomic E-state index is 12.0. The van der Waals surface area contributed by atoms with Crippen molar-refractivity contribution in [2.45, 2.75) is 85.0 Å². The van der Waals surface area contributed by atoms with Gasteiger partial charge in [-0.15, -0.1) is 0 Å². The van der Waals surface area contributed by atoms with Crippen LogP contribution in [0.1, 0.15) is 82.9 Å². The van der Waals surface area contributed by atoms with Crippen molar-refractivity contribution in [1.29, 1.82) is 0 Å². The maximum absolute atomic E-state index is 12.0. The van der Waals surface area contributed by atoms with Crippen LogP contribution in [0.3, 0.4) is 0 Å². The van der Waals surface area contributed by atoms with Crippen molar-refractivity contribution in [3.63, 3.8) is 0 Å². The van der Waals surface area contributed by atoms with E-state index in [1.165, 1.54) is 25.7 Å². The Kier molecular flexibility index (Phi) is 8.30. The first-order chi connectivity index (χ1) is 11.3. The number of phenols is 1. The van der Waals surface area contributed by atoms with Crippen LogP contribution < -0.4 is 0 Å². The molecule has 0 fully saturated rings. The largest absolute Gasteiger partial charge is 0.507 e. The second kappa shape index (κ2) is 9.71. The molecule has 0 radical (unpaired) electrons. The Hall–Kier alpha value is -1.51. The third-order valence-electron chi connectivity index (χ3n) is 4.28. The molecule has 3 nitrogen and oxygen atoms in total. The number of carbonyl (C=O) groups is 1. The molecule has 0 aliphatic carbocycles. The SMILES string of the molecule is CCCCCCCCOC(=O)Cc1cc(C)c(O)c(C(C)(C)C)c1. The highest BCUT2D eigenvalue weighted by molar-refractivity contribution is 5.73. The molecular formula is C21H34O3. The van der Waals surface area contributed by atoms with Gasteiger partial charge in [0.25, 0.3) is 0 Å². The predicted octanol–water partition coefficient (Wildman–Crippen LogP) is 5.44. The van der Waals surface area contributed by atoms with Crippen molar-refractivity contribution >= 4 is 5.97 Å². The predicted molar refractivity (Wildman–Crippen MR) is 99.6 cm³/mol. The van der Waals surface area contributed by atoms with Crippen LogP contribution in [-0.2, 0) is 21.4 Å². The molecule has 0 spiro atoms. The fourth-order valence-corrected chi connectivity index (χ4v) is 2.81. The van der Waals surface area contributed by atoms with Gasteiger partial charge < -0.3 is 9.84 Å². The Morgan fingerprint density at radius 3 is 2.33 bits per heavy atom. The van der Waals surface area contributed by atoms with E-state index in [2.05, 4.69) is 27.7 Å². The molecule has 0 heterocycles. The van der Waals surface area contributed by atoms with Crippen molar-refractivity contribution in [1.82, 2.24) is 0 Å². The van der Waals surface area contributed by atoms with E-state index < -0.39 is 0 Å². The number of carbonyl (C=O) groups excluding carboxylic acids is 1. The molecule has 0 saturated heterocycles. The van der Waals surface area contributed by atoms with E-state index in [9.17, 15) is 9.90 Å². The Morgan fingerprint density at radius 2 is 1.71 bits per heavy atom. The fourth-order valence-electron chi connectivity index (χ4n) is 2.81. The number of rotatable bonds is 9. The highest BCUT2D eigenvalue weighted by Gasteiger charge is 2.20. The lowest BCUT2D eigenvalue weighted by Gasteiger charge is -2.22. The topological polar surface area (TPSA) is 46.5 Å². The molecule has 3 heteroatoms. The van der Waals surface area contributed by atoms with Gasteiger partial charge in [0.05, 0.1) is 13.0 Å². The lowest BCUT2D eigenvalue weighted by atomic mass is 9.84. The van der Waals surface area contributed by atoms with Crippen molar-refractivity contribution in [3.05, 3.63) is 28.8 Å². The third-order valence-corrected chi connectivity index (χ3v) is 4.28. The lowest BCUT2D eigenvalue weighted by molar-refractivity contribution is -0.142. The first-order valence-electron chi connectivity index (χ1n) is 9.24. The average Bonchev–Trinajstić information content (AvgIpc) is 2.48. The number of phenolic OH excluding ortho intramolecular Hbond substituents is 1. The van der Waals surface area contributed by atoms with Crippen molar-refractivity contribution in [3.8, 4) is 5.75 Å². The van der Waals surface area contributed by atoms with E-state index in [4.69, 9.17) is 4.74 Å². The van der Waals surface area contributed by atoms with Crippen LogP contribution >= 0.6 is 0 Å². The summed E-state index contributed by atoms with van der Waals surface area (Å²) in [6.45, 7) is 10.8. The number of hydrogen-bond acceptors (Lipinski definition) is 3. The summed E-state index contributed by atoms with van der Waals surface area (Å²) in [5.74, 6) is 0.139. The van der Waals surface area contributed by atoms with E-state index >= 15 is 0 Å². The van der Waals surface area contributed by atoms with Crippen molar-refractivity contribution in [2.75, 3.05) is 6.61 Å². The minimum Gasteiger partial charge on any atom is -0.507 e. The number of hydrogen-bond donors (Lipinski definition) is 1. The van der Waals surface area contributed by atoms with Gasteiger partial charge in [-0.3, -0.25) is 4.79 Å². The van der Waals surface area contributed by atoms with Crippen LogP contribution in [0.2, 0.25) is 0 Å². The van der Waals surface area contributed by atoms with Crippen molar-refractivity contribution in [2.24, 2.45) is 0 Å². The van der Waals surface area contributed by atoms with Gasteiger partial charge in [0, 0.05) is 0 Å². The number of unbranched alkanes of at least 4 members (excludes halogenated alkanes) is 5. The number of aryl methyl sites for hydroxylation is 1. The van der Waals surface area contributed by atoms with Crippen LogP contribution in [0.5, 0.6) is 5.75 Å². The molecule has 0 unspecified atom stereocenters. The minimum atomic E-state index is -0.187. The molecule has 0 aromatic heterocycles. The summed E-state index contributed by atoms with van der Waals surface area (Å²) in [5.41, 5.74) is 2.43. The zero-order chi connectivity index (χ0) is 18.2. The summed E-state index contributed by atoms with van der Waals surface area (Å²) in [4.78, 5) is 12.0. The zero-order valence-electron chi connectivity index (χ0n) is 16.1. The smallest absolute Gasteiger partial charge is 0.310 e. The summed E-state index contributed by atoms with van der Waals surface area (Å²) in [7, 11) is 0. The normalized spacial score (nSPS) is 11.5. The molecule has 136 valence electrons. The molecule has 0 saturated carbocycles. The average molecular weight is 335 g/mol. The maximum Gasteiger partial charge on any atom is 0.310 e. The third kappa shape index (κ3) is 6.94. The molecule has 0 aliphatic heterocycles. The Balaban J connectivity index is 2.49. The quantitative estimate of drug-likeness (QED) is 0.483. The molecule has 1 aromatic rings. The van der Waals surface area contributed by atoms with Crippen LogP contribution in [0.25, 0.3) is 0 Å². The second-order valence-corrected chi connectivity index (χ2v) is 7.72. The molecule has 1 rings (SSSR count). The summed E-state index contributed by atoms with van der Waals surface area (Å²) >= 11 is 0. The van der Waals surface area contributed by atoms with Crippen LogP contribution in [-0.4, -0.2) is 17.7 Å². The van der Waals surface area contributed by atoms with Gasteiger partial charge in [0.2, 0.25) is 0 Å². The van der Waals surface area contributed by atoms with E-state index in [0.717, 1.165) is 29.5 Å². The molecule has 0 aliphatic rings. The Labute approximate surface area is 147 Å². The van der Waals surface area contributed by atoms with Crippen LogP contribution in [0, 0.1) is 6.92 Å². The zero-order valence-corrected chi connectivity index (χ0v) is 16.1. The standard InChI is InChI=1S/C21H34O3/c1-6-7-8-9-10-11-12-24-19(22)15-17-13-16(2)20(23)18(14-17)21(3,4)5/h13-14,23H,6-12,15H2,1-5H3. The van der Waals surface area contributed by atoms with E-state index in [1.807, 2.05) is 19.1 Å². The minimum absolute atomic E-state index is 0.159. The molecule has 24 heavy (non-hydrogen) atoms. The van der Waals surface area contributed by atoms with Gasteiger partial charge in [-0.25, -0.2) is 0 Å². The first-order valence-corrected chi connectivity index (χ1v) is 9.24. The molecule has 1 N–H and O–H groups in total. The summed E-state index contributed by atoms with van der Waals surface area (Å²) in [6.07, 6.45) is 7.36. The number of esters is 1. The van der Waals surface area contributed by atoms with Gasteiger partial charge in [0.15, 0.2) is 0 Å². The highest BCUT2D eigenvalue weighted by Crippen LogP contribution is 2.34. The monoisotopic (exact) mass is 334 g/mol. The Bertz CT molecular complexity index is 527. The van der Waals surface area contributed by atoms with Crippen LogP contribution in [0.15, 0.2) is 12.1 Å². The number of aromatic hydroxyl groups is 1. The van der Waals surface area contributed by atoms with Crippen LogP contribution in [0.4, 0.5) is 0 Å². The molecule has 0 amide bonds.